The van der Waals surface area contributed by atoms with Crippen molar-refractivity contribution in [3.63, 3.8) is 0 Å². The van der Waals surface area contributed by atoms with E-state index in [0.29, 0.717) is 25.4 Å². The van der Waals surface area contributed by atoms with Gasteiger partial charge in [0, 0.05) is 43.9 Å². The fourth-order valence-corrected chi connectivity index (χ4v) is 3.06. The highest BCUT2D eigenvalue weighted by atomic mass is 16.6. The molecule has 2 heterocycles. The fraction of sp³-hybridized carbons (Fsp3) is 0.588. The molecule has 0 bridgehead atoms. The molecule has 0 aliphatic carbocycles. The monoisotopic (exact) mass is 319 g/mol. The standard InChI is InChI=1S/C17H25N3O3/c1-17(2,3)23-16(21)20-9-7-19(8-10-20)14-5-4-13(18)15-12(14)6-11-22-15/h4-5H,6-11,18H2,1-3H3. The summed E-state index contributed by atoms with van der Waals surface area (Å²) in [6.07, 6.45) is 0.658. The van der Waals surface area contributed by atoms with E-state index in [2.05, 4.69) is 11.0 Å². The van der Waals surface area contributed by atoms with Crippen molar-refractivity contribution in [1.29, 1.82) is 0 Å². The van der Waals surface area contributed by atoms with Gasteiger partial charge in [-0.2, -0.15) is 0 Å². The summed E-state index contributed by atoms with van der Waals surface area (Å²) in [5.74, 6) is 0.831. The van der Waals surface area contributed by atoms with Crippen LogP contribution in [0.25, 0.3) is 0 Å². The lowest BCUT2D eigenvalue weighted by Crippen LogP contribution is -2.50. The number of piperazine rings is 1. The molecule has 6 nitrogen and oxygen atoms in total. The molecule has 3 rings (SSSR count). The molecule has 0 atom stereocenters. The van der Waals surface area contributed by atoms with Crippen LogP contribution < -0.4 is 15.4 Å². The van der Waals surface area contributed by atoms with Crippen LogP contribution in [0.3, 0.4) is 0 Å². The second kappa shape index (κ2) is 5.83. The van der Waals surface area contributed by atoms with Gasteiger partial charge in [-0.1, -0.05) is 0 Å². The molecule has 0 spiro atoms. The number of hydrogen-bond acceptors (Lipinski definition) is 5. The van der Waals surface area contributed by atoms with Gasteiger partial charge >= 0.3 is 6.09 Å². The SMILES string of the molecule is CC(C)(C)OC(=O)N1CCN(c2ccc(N)c3c2CCO3)CC1. The normalized spacial score (nSPS) is 17.7. The topological polar surface area (TPSA) is 68.0 Å². The lowest BCUT2D eigenvalue weighted by molar-refractivity contribution is 0.0240. The molecule has 0 unspecified atom stereocenters. The first-order valence-corrected chi connectivity index (χ1v) is 8.12. The van der Waals surface area contributed by atoms with Gasteiger partial charge in [-0.05, 0) is 32.9 Å². The number of nitrogens with zero attached hydrogens (tertiary/aromatic N) is 2. The summed E-state index contributed by atoms with van der Waals surface area (Å²) >= 11 is 0. The molecule has 0 saturated carbocycles. The third kappa shape index (κ3) is 3.30. The number of amides is 1. The van der Waals surface area contributed by atoms with Gasteiger partial charge in [0.25, 0.3) is 0 Å². The van der Waals surface area contributed by atoms with Crippen molar-refractivity contribution in [3.05, 3.63) is 17.7 Å². The Labute approximate surface area is 137 Å². The predicted molar refractivity (Wildman–Crippen MR) is 90.1 cm³/mol. The van der Waals surface area contributed by atoms with E-state index in [9.17, 15) is 4.79 Å². The Morgan fingerprint density at radius 3 is 2.57 bits per heavy atom. The van der Waals surface area contributed by atoms with Gasteiger partial charge in [-0.3, -0.25) is 0 Å². The van der Waals surface area contributed by atoms with Gasteiger partial charge in [-0.25, -0.2) is 4.79 Å². The Morgan fingerprint density at radius 2 is 1.91 bits per heavy atom. The molecule has 2 aliphatic rings. The lowest BCUT2D eigenvalue weighted by Gasteiger charge is -2.37. The van der Waals surface area contributed by atoms with E-state index in [1.807, 2.05) is 26.8 Å². The minimum Gasteiger partial charge on any atom is -0.491 e. The molecule has 126 valence electrons. The van der Waals surface area contributed by atoms with Crippen LogP contribution in [-0.2, 0) is 11.2 Å². The summed E-state index contributed by atoms with van der Waals surface area (Å²) in [5, 5.41) is 0. The Kier molecular flexibility index (Phi) is 4.00. The number of benzene rings is 1. The maximum Gasteiger partial charge on any atom is 0.410 e. The van der Waals surface area contributed by atoms with Crippen LogP contribution in [0.1, 0.15) is 26.3 Å². The van der Waals surface area contributed by atoms with Crippen LogP contribution in [0.15, 0.2) is 12.1 Å². The van der Waals surface area contributed by atoms with Gasteiger partial charge < -0.3 is 25.0 Å². The van der Waals surface area contributed by atoms with E-state index in [0.717, 1.165) is 25.3 Å². The molecule has 1 saturated heterocycles. The number of fused-ring (bicyclic) bond motifs is 1. The number of anilines is 2. The predicted octanol–water partition coefficient (Wildman–Crippen LogP) is 2.26. The fourth-order valence-electron chi connectivity index (χ4n) is 3.06. The summed E-state index contributed by atoms with van der Waals surface area (Å²) < 4.78 is 11.1. The van der Waals surface area contributed by atoms with Crippen LogP contribution in [0.5, 0.6) is 5.75 Å². The minimum absolute atomic E-state index is 0.233. The van der Waals surface area contributed by atoms with Gasteiger partial charge in [0.15, 0.2) is 0 Å². The Morgan fingerprint density at radius 1 is 1.22 bits per heavy atom. The summed E-state index contributed by atoms with van der Waals surface area (Å²) in [4.78, 5) is 16.2. The van der Waals surface area contributed by atoms with Gasteiger partial charge in [0.1, 0.15) is 11.4 Å². The first-order chi connectivity index (χ1) is 10.8. The minimum atomic E-state index is -0.455. The third-order valence-electron chi connectivity index (χ3n) is 4.14. The summed E-state index contributed by atoms with van der Waals surface area (Å²) in [5.41, 5.74) is 8.59. The third-order valence-corrected chi connectivity index (χ3v) is 4.14. The lowest BCUT2D eigenvalue weighted by atomic mass is 10.1. The van der Waals surface area contributed by atoms with E-state index < -0.39 is 5.60 Å². The molecule has 0 radical (unpaired) electrons. The molecular formula is C17H25N3O3. The van der Waals surface area contributed by atoms with Crippen molar-refractivity contribution in [2.45, 2.75) is 32.8 Å². The molecule has 1 amide bonds. The number of hydrogen-bond donors (Lipinski definition) is 1. The van der Waals surface area contributed by atoms with E-state index in [4.69, 9.17) is 15.2 Å². The maximum atomic E-state index is 12.1. The Hall–Kier alpha value is -2.11. The first kappa shape index (κ1) is 15.8. The second-order valence-electron chi connectivity index (χ2n) is 7.03. The number of carbonyl (C=O) groups is 1. The summed E-state index contributed by atoms with van der Waals surface area (Å²) in [6.45, 7) is 9.25. The van der Waals surface area contributed by atoms with Gasteiger partial charge in [0.2, 0.25) is 0 Å². The van der Waals surface area contributed by atoms with E-state index in [1.165, 1.54) is 11.3 Å². The first-order valence-electron chi connectivity index (χ1n) is 8.12. The van der Waals surface area contributed by atoms with Crippen LogP contribution >= 0.6 is 0 Å². The van der Waals surface area contributed by atoms with Crippen LogP contribution in [0.2, 0.25) is 0 Å². The van der Waals surface area contributed by atoms with Crippen molar-refractivity contribution in [1.82, 2.24) is 4.90 Å². The van der Waals surface area contributed by atoms with Crippen LogP contribution in [-0.4, -0.2) is 49.4 Å². The number of nitrogens with two attached hydrogens (primary N) is 1. The second-order valence-corrected chi connectivity index (χ2v) is 7.03. The zero-order chi connectivity index (χ0) is 16.6. The van der Waals surface area contributed by atoms with Crippen LogP contribution in [0, 0.1) is 0 Å². The molecule has 6 heteroatoms. The molecular weight excluding hydrogens is 294 g/mol. The van der Waals surface area contributed by atoms with Crippen LogP contribution in [0.4, 0.5) is 16.2 Å². The Balaban J connectivity index is 1.66. The average Bonchev–Trinajstić information content (AvgIpc) is 2.96. The summed E-state index contributed by atoms with van der Waals surface area (Å²) in [6, 6.07) is 3.96. The molecule has 1 aromatic carbocycles. The quantitative estimate of drug-likeness (QED) is 0.804. The van der Waals surface area contributed by atoms with Crippen molar-refractivity contribution in [2.24, 2.45) is 0 Å². The van der Waals surface area contributed by atoms with Crippen molar-refractivity contribution >= 4 is 17.5 Å². The van der Waals surface area contributed by atoms with E-state index >= 15 is 0 Å². The molecule has 0 aromatic heterocycles. The molecule has 1 aromatic rings. The Bertz CT molecular complexity index is 602. The zero-order valence-electron chi connectivity index (χ0n) is 14.1. The largest absolute Gasteiger partial charge is 0.491 e. The summed E-state index contributed by atoms with van der Waals surface area (Å²) in [7, 11) is 0. The maximum absolute atomic E-state index is 12.1. The smallest absolute Gasteiger partial charge is 0.410 e. The number of ether oxygens (including phenoxy) is 2. The van der Waals surface area contributed by atoms with Crippen molar-refractivity contribution < 1.29 is 14.3 Å². The number of nitrogen functional groups attached to an aromatic ring is 1. The molecule has 2 N–H and O–H groups in total. The highest BCUT2D eigenvalue weighted by Crippen LogP contribution is 2.39. The highest BCUT2D eigenvalue weighted by Gasteiger charge is 2.28. The molecule has 23 heavy (non-hydrogen) atoms. The van der Waals surface area contributed by atoms with E-state index in [-0.39, 0.29) is 6.09 Å². The van der Waals surface area contributed by atoms with Gasteiger partial charge in [-0.15, -0.1) is 0 Å². The number of carbonyl (C=O) groups excluding carboxylic acids is 1. The number of rotatable bonds is 1. The van der Waals surface area contributed by atoms with Gasteiger partial charge in [0.05, 0.1) is 12.3 Å². The highest BCUT2D eigenvalue weighted by molar-refractivity contribution is 5.71. The molecule has 1 fully saturated rings. The molecule has 2 aliphatic heterocycles. The van der Waals surface area contributed by atoms with Crippen molar-refractivity contribution in [3.8, 4) is 5.75 Å². The zero-order valence-corrected chi connectivity index (χ0v) is 14.1. The van der Waals surface area contributed by atoms with E-state index in [1.54, 1.807) is 4.90 Å². The average molecular weight is 319 g/mol. The van der Waals surface area contributed by atoms with Crippen molar-refractivity contribution in [2.75, 3.05) is 43.4 Å².